The first-order valence-corrected chi connectivity index (χ1v) is 14.3. The van der Waals surface area contributed by atoms with Crippen molar-refractivity contribution in [2.45, 2.75) is 50.4 Å². The average Bonchev–Trinajstić information content (AvgIpc) is 3.10. The zero-order chi connectivity index (χ0) is 24.2. The van der Waals surface area contributed by atoms with Crippen LogP contribution >= 0.6 is 0 Å². The van der Waals surface area contributed by atoms with E-state index in [-0.39, 0.29) is 6.04 Å². The molecule has 9 heteroatoms. The highest BCUT2D eigenvalue weighted by Gasteiger charge is 2.45. The molecule has 2 aromatic rings. The third kappa shape index (κ3) is 4.17. The third-order valence-electron chi connectivity index (χ3n) is 8.41. The molecule has 0 amide bonds. The van der Waals surface area contributed by atoms with Crippen LogP contribution in [-0.4, -0.2) is 85.8 Å². The molecule has 1 N–H and O–H groups in total. The SMILES string of the molecule is CN(C[C@H]1Cc2c(cccc2N2CCN3[C@@H](C2)CN(C)S3(=O)=O)CN1)[C@H]1CCCc2cccnc21. The van der Waals surface area contributed by atoms with Crippen LogP contribution in [-0.2, 0) is 29.6 Å². The lowest BCUT2D eigenvalue weighted by Crippen LogP contribution is -2.53. The van der Waals surface area contributed by atoms with Gasteiger partial charge in [-0.25, -0.2) is 0 Å². The van der Waals surface area contributed by atoms with Crippen molar-refractivity contribution < 1.29 is 8.42 Å². The summed E-state index contributed by atoms with van der Waals surface area (Å²) in [6.07, 6.45) is 6.44. The fourth-order valence-corrected chi connectivity index (χ4v) is 8.13. The molecule has 0 radical (unpaired) electrons. The van der Waals surface area contributed by atoms with Crippen LogP contribution in [0.4, 0.5) is 5.69 Å². The van der Waals surface area contributed by atoms with Crippen LogP contribution < -0.4 is 10.2 Å². The van der Waals surface area contributed by atoms with Crippen molar-refractivity contribution in [3.63, 3.8) is 0 Å². The molecular weight excluding hydrogens is 460 g/mol. The molecule has 6 rings (SSSR count). The van der Waals surface area contributed by atoms with E-state index in [1.54, 1.807) is 11.4 Å². The third-order valence-corrected chi connectivity index (χ3v) is 10.4. The number of aromatic nitrogens is 1. The first kappa shape index (κ1) is 23.4. The fourth-order valence-electron chi connectivity index (χ4n) is 6.59. The van der Waals surface area contributed by atoms with Gasteiger partial charge in [0, 0.05) is 64.2 Å². The number of piperazine rings is 1. The number of hydrogen-bond donors (Lipinski definition) is 1. The van der Waals surface area contributed by atoms with Gasteiger partial charge in [-0.15, -0.1) is 0 Å². The first-order valence-electron chi connectivity index (χ1n) is 12.9. The lowest BCUT2D eigenvalue weighted by molar-refractivity contribution is 0.191. The van der Waals surface area contributed by atoms with E-state index in [4.69, 9.17) is 4.98 Å². The molecule has 0 bridgehead atoms. The van der Waals surface area contributed by atoms with Gasteiger partial charge in [0.2, 0.25) is 0 Å². The monoisotopic (exact) mass is 496 g/mol. The molecule has 1 aromatic carbocycles. The minimum absolute atomic E-state index is 0.0251. The zero-order valence-electron chi connectivity index (χ0n) is 20.7. The number of aryl methyl sites for hydroxylation is 1. The summed E-state index contributed by atoms with van der Waals surface area (Å²) < 4.78 is 28.3. The number of hydrogen-bond acceptors (Lipinski definition) is 6. The van der Waals surface area contributed by atoms with Crippen LogP contribution in [0.25, 0.3) is 0 Å². The summed E-state index contributed by atoms with van der Waals surface area (Å²) in [6, 6.07) is 11.7. The van der Waals surface area contributed by atoms with Gasteiger partial charge in [-0.05, 0) is 61.6 Å². The van der Waals surface area contributed by atoms with Crippen molar-refractivity contribution in [2.75, 3.05) is 51.7 Å². The van der Waals surface area contributed by atoms with Crippen LogP contribution in [0.2, 0.25) is 0 Å². The molecule has 3 atom stereocenters. The molecule has 2 saturated heterocycles. The standard InChI is InChI=1S/C26H36N6O2S/c1-29(25-10-3-6-19-8-5-11-27-26(19)25)16-21-14-23-20(15-28-21)7-4-9-24(23)31-12-13-32-22(18-31)17-30(2)35(32,33)34/h4-5,7-9,11,21-22,25,28H,3,6,10,12-18H2,1-2H3/t21-,22-,25+/m1/s1. The fraction of sp³-hybridized carbons (Fsp3) is 0.577. The predicted octanol–water partition coefficient (Wildman–Crippen LogP) is 1.79. The van der Waals surface area contributed by atoms with Crippen molar-refractivity contribution >= 4 is 15.9 Å². The van der Waals surface area contributed by atoms with Gasteiger partial charge in [0.05, 0.1) is 17.8 Å². The van der Waals surface area contributed by atoms with E-state index in [9.17, 15) is 8.42 Å². The van der Waals surface area contributed by atoms with E-state index in [1.165, 1.54) is 38.8 Å². The summed E-state index contributed by atoms with van der Waals surface area (Å²) in [7, 11) is 0.650. The molecule has 2 fully saturated rings. The van der Waals surface area contributed by atoms with E-state index >= 15 is 0 Å². The van der Waals surface area contributed by atoms with Crippen molar-refractivity contribution in [2.24, 2.45) is 0 Å². The minimum Gasteiger partial charge on any atom is -0.368 e. The Morgan fingerprint density at radius 2 is 2.00 bits per heavy atom. The van der Waals surface area contributed by atoms with Crippen LogP contribution in [0.5, 0.6) is 0 Å². The maximum atomic E-state index is 12.6. The Morgan fingerprint density at radius 3 is 2.89 bits per heavy atom. The summed E-state index contributed by atoms with van der Waals surface area (Å²) in [5.41, 5.74) is 6.73. The number of fused-ring (bicyclic) bond motifs is 3. The van der Waals surface area contributed by atoms with Gasteiger partial charge in [0.1, 0.15) is 0 Å². The van der Waals surface area contributed by atoms with Gasteiger partial charge in [-0.2, -0.15) is 17.0 Å². The number of nitrogens with zero attached hydrogens (tertiary/aromatic N) is 5. The largest absolute Gasteiger partial charge is 0.368 e. The molecular formula is C26H36N6O2S. The van der Waals surface area contributed by atoms with Crippen LogP contribution in [0.3, 0.4) is 0 Å². The lowest BCUT2D eigenvalue weighted by atomic mass is 9.89. The first-order chi connectivity index (χ1) is 16.9. The quantitative estimate of drug-likeness (QED) is 0.696. The molecule has 8 nitrogen and oxygen atoms in total. The predicted molar refractivity (Wildman–Crippen MR) is 138 cm³/mol. The second kappa shape index (κ2) is 9.12. The summed E-state index contributed by atoms with van der Waals surface area (Å²) in [5, 5.41) is 3.78. The van der Waals surface area contributed by atoms with Gasteiger partial charge in [0.15, 0.2) is 0 Å². The molecule has 1 aromatic heterocycles. The summed E-state index contributed by atoms with van der Waals surface area (Å²) >= 11 is 0. The molecule has 0 spiro atoms. The Morgan fingerprint density at radius 1 is 1.14 bits per heavy atom. The number of rotatable bonds is 4. The van der Waals surface area contributed by atoms with Gasteiger partial charge < -0.3 is 10.2 Å². The smallest absolute Gasteiger partial charge is 0.282 e. The molecule has 4 aliphatic rings. The Hall–Kier alpha value is -2.04. The molecule has 3 aliphatic heterocycles. The molecule has 4 heterocycles. The Balaban J connectivity index is 1.18. The van der Waals surface area contributed by atoms with Crippen molar-refractivity contribution in [3.8, 4) is 0 Å². The van der Waals surface area contributed by atoms with E-state index in [0.717, 1.165) is 45.4 Å². The van der Waals surface area contributed by atoms with E-state index < -0.39 is 10.2 Å². The molecule has 0 unspecified atom stereocenters. The van der Waals surface area contributed by atoms with Crippen LogP contribution in [0.15, 0.2) is 36.5 Å². The second-order valence-electron chi connectivity index (χ2n) is 10.6. The van der Waals surface area contributed by atoms with Crippen LogP contribution in [0.1, 0.15) is 41.3 Å². The number of nitrogens with one attached hydrogen (secondary N) is 1. The molecule has 188 valence electrons. The van der Waals surface area contributed by atoms with E-state index in [1.807, 2.05) is 6.20 Å². The zero-order valence-corrected chi connectivity index (χ0v) is 21.5. The second-order valence-corrected chi connectivity index (χ2v) is 12.6. The maximum Gasteiger partial charge on any atom is 0.282 e. The van der Waals surface area contributed by atoms with Gasteiger partial charge >= 0.3 is 0 Å². The van der Waals surface area contributed by atoms with Crippen molar-refractivity contribution in [1.82, 2.24) is 23.8 Å². The number of benzene rings is 1. The van der Waals surface area contributed by atoms with Crippen molar-refractivity contribution in [1.29, 1.82) is 0 Å². The number of likely N-dealkylation sites (N-methyl/N-ethyl adjacent to an activating group) is 2. The number of pyridine rings is 1. The minimum atomic E-state index is -3.28. The van der Waals surface area contributed by atoms with Crippen LogP contribution in [0, 0.1) is 0 Å². The lowest BCUT2D eigenvalue weighted by Gasteiger charge is -2.40. The number of anilines is 1. The highest BCUT2D eigenvalue weighted by atomic mass is 32.2. The van der Waals surface area contributed by atoms with Crippen molar-refractivity contribution in [3.05, 3.63) is 58.9 Å². The van der Waals surface area contributed by atoms with E-state index in [0.29, 0.717) is 25.2 Å². The highest BCUT2D eigenvalue weighted by molar-refractivity contribution is 7.87. The van der Waals surface area contributed by atoms with Gasteiger partial charge in [-0.1, -0.05) is 18.2 Å². The Bertz CT molecular complexity index is 1200. The van der Waals surface area contributed by atoms with E-state index in [2.05, 4.69) is 52.5 Å². The maximum absolute atomic E-state index is 12.6. The molecule has 0 saturated carbocycles. The molecule has 1 aliphatic carbocycles. The Labute approximate surface area is 209 Å². The summed E-state index contributed by atoms with van der Waals surface area (Å²) in [5.74, 6) is 0. The molecule has 35 heavy (non-hydrogen) atoms. The normalized spacial score (nSPS) is 28.5. The van der Waals surface area contributed by atoms with Gasteiger partial charge in [-0.3, -0.25) is 9.88 Å². The topological polar surface area (TPSA) is 72.0 Å². The van der Waals surface area contributed by atoms with Gasteiger partial charge in [0.25, 0.3) is 10.2 Å². The average molecular weight is 497 g/mol. The summed E-state index contributed by atoms with van der Waals surface area (Å²) in [4.78, 5) is 9.66. The highest BCUT2D eigenvalue weighted by Crippen LogP contribution is 2.35. The Kier molecular flexibility index (Phi) is 6.09. The summed E-state index contributed by atoms with van der Waals surface area (Å²) in [6.45, 7) is 4.47.